The lowest BCUT2D eigenvalue weighted by Gasteiger charge is -2.46. The van der Waals surface area contributed by atoms with Gasteiger partial charge >= 0.3 is 0 Å². The highest BCUT2D eigenvalue weighted by Crippen LogP contribution is 2.25. The van der Waals surface area contributed by atoms with Gasteiger partial charge in [0.05, 0.1) is 24.2 Å². The van der Waals surface area contributed by atoms with Crippen LogP contribution in [0.3, 0.4) is 0 Å². The Balaban J connectivity index is 2.47. The van der Waals surface area contributed by atoms with Crippen molar-refractivity contribution in [2.75, 3.05) is 20.2 Å². The molecule has 0 aliphatic rings. The molecule has 1 N–H and O–H groups in total. The molecule has 0 fully saturated rings. The van der Waals surface area contributed by atoms with Crippen LogP contribution in [-0.4, -0.2) is 72.5 Å². The van der Waals surface area contributed by atoms with Crippen molar-refractivity contribution in [3.63, 3.8) is 0 Å². The van der Waals surface area contributed by atoms with Gasteiger partial charge in [0, 0.05) is 25.0 Å². The molecule has 9 nitrogen and oxygen atoms in total. The first-order valence-electron chi connectivity index (χ1n) is 11.6. The zero-order valence-corrected chi connectivity index (χ0v) is 22.2. The monoisotopic (exact) mass is 519 g/mol. The number of Topliss-reactive ketones (excluding diaryl/α,β-unsaturated/α-hetero) is 1. The summed E-state index contributed by atoms with van der Waals surface area (Å²) < 4.78 is 33.1. The van der Waals surface area contributed by atoms with Gasteiger partial charge in [0.1, 0.15) is 17.6 Å². The van der Waals surface area contributed by atoms with Gasteiger partial charge in [0.25, 0.3) is 0 Å². The predicted molar refractivity (Wildman–Crippen MR) is 134 cm³/mol. The Morgan fingerprint density at radius 3 is 2.11 bits per heavy atom. The van der Waals surface area contributed by atoms with Crippen LogP contribution in [0.4, 0.5) is 4.79 Å². The van der Waals surface area contributed by atoms with Crippen LogP contribution in [0.5, 0.6) is 5.75 Å². The van der Waals surface area contributed by atoms with Gasteiger partial charge < -0.3 is 24.6 Å². The van der Waals surface area contributed by atoms with Gasteiger partial charge in [0.15, 0.2) is 0 Å². The summed E-state index contributed by atoms with van der Waals surface area (Å²) in [5.74, 6) is 0.258. The van der Waals surface area contributed by atoms with Crippen molar-refractivity contribution >= 4 is 21.9 Å². The maximum Gasteiger partial charge on any atom is 0.243 e. The third-order valence-electron chi connectivity index (χ3n) is 5.78. The minimum Gasteiger partial charge on any atom is -0.530 e. The van der Waals surface area contributed by atoms with E-state index in [1.165, 1.54) is 38.3 Å². The van der Waals surface area contributed by atoms with E-state index in [1.807, 2.05) is 6.07 Å². The largest absolute Gasteiger partial charge is 0.530 e. The highest BCUT2D eigenvalue weighted by molar-refractivity contribution is 7.89. The molecule has 0 bridgehead atoms. The maximum atomic E-state index is 13.5. The maximum absolute atomic E-state index is 13.5. The number of aliphatic hydroxyl groups is 1. The molecule has 0 saturated heterocycles. The molecule has 1 amide bonds. The molecule has 36 heavy (non-hydrogen) atoms. The van der Waals surface area contributed by atoms with Crippen LogP contribution in [0.15, 0.2) is 59.5 Å². The predicted octanol–water partition coefficient (Wildman–Crippen LogP) is 2.08. The number of ketones is 1. The first-order valence-corrected chi connectivity index (χ1v) is 13.1. The number of amides is 1. The lowest BCUT2D eigenvalue weighted by molar-refractivity contribution is -0.275. The van der Waals surface area contributed by atoms with Crippen LogP contribution in [0, 0.1) is 0 Å². The zero-order valence-electron chi connectivity index (χ0n) is 21.4. The van der Waals surface area contributed by atoms with E-state index < -0.39 is 40.3 Å². The molecular weight excluding hydrogens is 484 g/mol. The second-order valence-corrected chi connectivity index (χ2v) is 11.6. The fourth-order valence-corrected chi connectivity index (χ4v) is 5.44. The number of carbonyl (C=O) groups excluding carboxylic acids is 2. The first-order chi connectivity index (χ1) is 16.8. The van der Waals surface area contributed by atoms with Crippen LogP contribution in [0.2, 0.25) is 0 Å². The van der Waals surface area contributed by atoms with Gasteiger partial charge in [-0.3, -0.25) is 4.79 Å². The first kappa shape index (κ1) is 29.3. The minimum absolute atomic E-state index is 0.0359. The molecule has 10 heteroatoms. The number of sulfonamides is 1. The number of carbonyl (C=O) groups is 2. The van der Waals surface area contributed by atoms with E-state index in [9.17, 15) is 28.2 Å². The van der Waals surface area contributed by atoms with Crippen molar-refractivity contribution in [1.82, 2.24) is 9.21 Å². The summed E-state index contributed by atoms with van der Waals surface area (Å²) in [6.45, 7) is 5.79. The molecule has 0 aromatic heterocycles. The Hall–Kier alpha value is -2.95. The molecule has 0 unspecified atom stereocenters. The lowest BCUT2D eigenvalue weighted by atomic mass is 9.94. The van der Waals surface area contributed by atoms with Gasteiger partial charge in [-0.05, 0) is 63.9 Å². The summed E-state index contributed by atoms with van der Waals surface area (Å²) in [6, 6.07) is 13.8. The van der Waals surface area contributed by atoms with Crippen LogP contribution >= 0.6 is 0 Å². The van der Waals surface area contributed by atoms with E-state index in [0.29, 0.717) is 5.75 Å². The fraction of sp³-hybridized carbons (Fsp3) is 0.462. The number of methoxy groups -OCH3 is 1. The number of aliphatic hydroxyl groups excluding tert-OH is 1. The molecule has 0 aliphatic heterocycles. The molecule has 2 aromatic rings. The Bertz CT molecular complexity index is 1110. The third-order valence-corrected chi connectivity index (χ3v) is 7.66. The quantitative estimate of drug-likeness (QED) is 0.455. The number of carboxylic acid groups (broad SMARTS) is 1. The van der Waals surface area contributed by atoms with E-state index in [0.717, 1.165) is 14.8 Å². The summed E-state index contributed by atoms with van der Waals surface area (Å²) in [5, 5.41) is 23.5. The van der Waals surface area contributed by atoms with Crippen molar-refractivity contribution in [2.45, 2.75) is 63.1 Å². The van der Waals surface area contributed by atoms with Gasteiger partial charge in [-0.2, -0.15) is 4.31 Å². The Morgan fingerprint density at radius 1 is 1.06 bits per heavy atom. The SMILES string of the molecule is COc1ccc(S(=O)(=O)N(CCC(C)=O)C[C@@H](O)[C@H](Cc2ccccc2)N(C(=O)[O-])C(C)(C)C)cc1. The Labute approximate surface area is 213 Å². The van der Waals surface area contributed by atoms with Gasteiger partial charge in [-0.15, -0.1) is 0 Å². The van der Waals surface area contributed by atoms with Crippen molar-refractivity contribution in [1.29, 1.82) is 0 Å². The molecule has 0 radical (unpaired) electrons. The highest BCUT2D eigenvalue weighted by Gasteiger charge is 2.37. The van der Waals surface area contributed by atoms with E-state index in [-0.39, 0.29) is 30.1 Å². The van der Waals surface area contributed by atoms with E-state index in [4.69, 9.17) is 4.74 Å². The number of hydrogen-bond acceptors (Lipinski definition) is 7. The van der Waals surface area contributed by atoms with E-state index >= 15 is 0 Å². The molecule has 0 heterocycles. The van der Waals surface area contributed by atoms with Crippen molar-refractivity contribution < 1.29 is 33.0 Å². The smallest absolute Gasteiger partial charge is 0.243 e. The molecule has 0 saturated carbocycles. The van der Waals surface area contributed by atoms with Crippen LogP contribution in [0.25, 0.3) is 0 Å². The second-order valence-electron chi connectivity index (χ2n) is 9.62. The minimum atomic E-state index is -4.12. The van der Waals surface area contributed by atoms with Crippen molar-refractivity contribution in [3.8, 4) is 5.75 Å². The summed E-state index contributed by atoms with van der Waals surface area (Å²) >= 11 is 0. The number of nitrogens with zero attached hydrogens (tertiary/aromatic N) is 2. The van der Waals surface area contributed by atoms with Gasteiger partial charge in [-0.25, -0.2) is 8.42 Å². The second kappa shape index (κ2) is 12.3. The summed E-state index contributed by atoms with van der Waals surface area (Å²) in [7, 11) is -2.66. The Kier molecular flexibility index (Phi) is 10.0. The number of ether oxygens (including phenoxy) is 1. The van der Waals surface area contributed by atoms with Gasteiger partial charge in [-0.1, -0.05) is 30.3 Å². The van der Waals surface area contributed by atoms with E-state index in [2.05, 4.69) is 0 Å². The molecule has 0 aliphatic carbocycles. The standard InChI is InChI=1S/C26H36N2O7S/c1-19(29)15-16-27(36(33,34)22-13-11-21(35-5)12-14-22)18-24(30)23(17-20-9-7-6-8-10-20)28(25(31)32)26(2,3)4/h6-14,23-24,30H,15-18H2,1-5H3,(H,31,32)/p-1/t23-,24+/m0/s1. The molecule has 2 atom stereocenters. The van der Waals surface area contributed by atoms with Gasteiger partial charge in [0.2, 0.25) is 10.0 Å². The number of benzene rings is 2. The summed E-state index contributed by atoms with van der Waals surface area (Å²) in [4.78, 5) is 24.9. The average Bonchev–Trinajstić information content (AvgIpc) is 2.80. The number of rotatable bonds is 12. The zero-order chi connectivity index (χ0) is 27.1. The van der Waals surface area contributed by atoms with E-state index in [1.54, 1.807) is 45.0 Å². The normalized spacial score (nSPS) is 13.8. The summed E-state index contributed by atoms with van der Waals surface area (Å²) in [5.41, 5.74) is -0.163. The molecule has 2 aromatic carbocycles. The molecule has 2 rings (SSSR count). The third kappa shape index (κ3) is 7.78. The molecule has 198 valence electrons. The fourth-order valence-electron chi connectivity index (χ4n) is 3.98. The highest BCUT2D eigenvalue weighted by atomic mass is 32.2. The summed E-state index contributed by atoms with van der Waals surface area (Å²) in [6.07, 6.45) is -2.82. The number of hydrogen-bond donors (Lipinski definition) is 1. The van der Waals surface area contributed by atoms with Crippen LogP contribution in [0.1, 0.15) is 39.7 Å². The topological polar surface area (TPSA) is 127 Å². The molecular formula is C26H35N2O7S-. The van der Waals surface area contributed by atoms with Crippen molar-refractivity contribution in [2.24, 2.45) is 0 Å². The Morgan fingerprint density at radius 2 is 1.64 bits per heavy atom. The lowest BCUT2D eigenvalue weighted by Crippen LogP contribution is -2.62. The average molecular weight is 520 g/mol. The van der Waals surface area contributed by atoms with Crippen LogP contribution < -0.4 is 9.84 Å². The molecule has 0 spiro atoms. The van der Waals surface area contributed by atoms with Crippen molar-refractivity contribution in [3.05, 3.63) is 60.2 Å². The van der Waals surface area contributed by atoms with Crippen LogP contribution in [-0.2, 0) is 21.2 Å².